The van der Waals surface area contributed by atoms with E-state index >= 15 is 0 Å². The third kappa shape index (κ3) is 5.72. The van der Waals surface area contributed by atoms with Crippen molar-refractivity contribution in [1.82, 2.24) is 10.3 Å². The monoisotopic (exact) mass is 384 g/mol. The summed E-state index contributed by atoms with van der Waals surface area (Å²) in [4.78, 5) is 25.8. The summed E-state index contributed by atoms with van der Waals surface area (Å²) in [5.74, 6) is 0.449. The van der Waals surface area contributed by atoms with Crippen molar-refractivity contribution in [3.05, 3.63) is 80.3 Å². The Hall–Kier alpha value is -3.06. The Labute approximate surface area is 160 Å². The molecule has 0 unspecified atom stereocenters. The smallest absolute Gasteiger partial charge is 0.307 e. The molecule has 0 aliphatic rings. The number of H-pyrrole nitrogens is 1. The molecule has 0 aliphatic heterocycles. The Morgan fingerprint density at radius 1 is 1.07 bits per heavy atom. The summed E-state index contributed by atoms with van der Waals surface area (Å²) in [7, 11) is 0. The van der Waals surface area contributed by atoms with Gasteiger partial charge in [0.05, 0.1) is 4.88 Å². The molecule has 7 heteroatoms. The maximum absolute atomic E-state index is 11.8. The number of hydrogen-bond donors (Lipinski definition) is 3. The van der Waals surface area contributed by atoms with Gasteiger partial charge >= 0.3 is 4.87 Å². The Morgan fingerprint density at radius 2 is 1.78 bits per heavy atom. The van der Waals surface area contributed by atoms with Crippen molar-refractivity contribution in [2.75, 3.05) is 13.2 Å². The molecular formula is C20H20N2O4S. The van der Waals surface area contributed by atoms with Crippen LogP contribution < -0.4 is 14.9 Å². The number of aromatic hydroxyl groups is 1. The van der Waals surface area contributed by atoms with Crippen LogP contribution in [0.5, 0.6) is 11.6 Å². The van der Waals surface area contributed by atoms with E-state index in [0.29, 0.717) is 30.0 Å². The van der Waals surface area contributed by atoms with Crippen LogP contribution in [0, 0.1) is 0 Å². The standard InChI is InChI=1S/C20H20N2O4S/c23-18(13-26-16-4-2-1-3-5-16)21-11-10-14-6-8-15(9-7-14)12-17-19(24)22-20(25)27-17/h1-9,24H,10-13H2,(H,21,23)(H,22,25). The number of nitrogens with one attached hydrogen (secondary N) is 2. The highest BCUT2D eigenvalue weighted by Gasteiger charge is 2.08. The van der Waals surface area contributed by atoms with Gasteiger partial charge in [0.2, 0.25) is 5.88 Å². The van der Waals surface area contributed by atoms with Gasteiger partial charge in [-0.05, 0) is 29.7 Å². The molecule has 3 N–H and O–H groups in total. The van der Waals surface area contributed by atoms with E-state index in [9.17, 15) is 14.7 Å². The zero-order valence-electron chi connectivity index (χ0n) is 14.6. The molecule has 3 rings (SSSR count). The van der Waals surface area contributed by atoms with Crippen LogP contribution in [0.1, 0.15) is 16.0 Å². The number of aromatic nitrogens is 1. The van der Waals surface area contributed by atoms with E-state index < -0.39 is 0 Å². The second-order valence-electron chi connectivity index (χ2n) is 5.98. The lowest BCUT2D eigenvalue weighted by atomic mass is 10.1. The van der Waals surface area contributed by atoms with E-state index in [4.69, 9.17) is 4.74 Å². The number of benzene rings is 2. The van der Waals surface area contributed by atoms with Crippen LogP contribution >= 0.6 is 11.3 Å². The number of rotatable bonds is 8. The first-order valence-corrected chi connectivity index (χ1v) is 9.35. The Balaban J connectivity index is 1.41. The molecule has 1 heterocycles. The fourth-order valence-electron chi connectivity index (χ4n) is 2.54. The molecule has 1 amide bonds. The SMILES string of the molecule is O=C(COc1ccccc1)NCCc1ccc(Cc2sc(=O)[nH]c2O)cc1. The lowest BCUT2D eigenvalue weighted by Crippen LogP contribution is -2.30. The summed E-state index contributed by atoms with van der Waals surface area (Å²) >= 11 is 1.01. The van der Waals surface area contributed by atoms with Crippen molar-refractivity contribution in [2.24, 2.45) is 0 Å². The Morgan fingerprint density at radius 3 is 2.44 bits per heavy atom. The van der Waals surface area contributed by atoms with Crippen LogP contribution in [0.4, 0.5) is 0 Å². The molecule has 27 heavy (non-hydrogen) atoms. The zero-order valence-corrected chi connectivity index (χ0v) is 15.4. The minimum Gasteiger partial charge on any atom is -0.494 e. The number of ether oxygens (including phenoxy) is 1. The van der Waals surface area contributed by atoms with E-state index in [1.807, 2.05) is 42.5 Å². The fourth-order valence-corrected chi connectivity index (χ4v) is 3.30. The number of thiazole rings is 1. The molecule has 0 aliphatic carbocycles. The van der Waals surface area contributed by atoms with Crippen LogP contribution in [0.3, 0.4) is 0 Å². The lowest BCUT2D eigenvalue weighted by Gasteiger charge is -2.08. The first kappa shape index (κ1) is 18.7. The van der Waals surface area contributed by atoms with Crippen molar-refractivity contribution in [3.8, 4) is 11.6 Å². The summed E-state index contributed by atoms with van der Waals surface area (Å²) in [6, 6.07) is 17.1. The van der Waals surface area contributed by atoms with Crippen LogP contribution in [-0.4, -0.2) is 29.1 Å². The average Bonchev–Trinajstić information content (AvgIpc) is 2.99. The van der Waals surface area contributed by atoms with E-state index in [-0.39, 0.29) is 23.3 Å². The molecule has 1 aromatic heterocycles. The van der Waals surface area contributed by atoms with Gasteiger partial charge in [0.1, 0.15) is 5.75 Å². The highest BCUT2D eigenvalue weighted by Crippen LogP contribution is 2.20. The van der Waals surface area contributed by atoms with Crippen molar-refractivity contribution in [1.29, 1.82) is 0 Å². The second-order valence-corrected chi connectivity index (χ2v) is 7.05. The van der Waals surface area contributed by atoms with Gasteiger partial charge in [0.15, 0.2) is 6.61 Å². The van der Waals surface area contributed by atoms with Gasteiger partial charge in [0, 0.05) is 13.0 Å². The number of aromatic amines is 1. The maximum Gasteiger partial charge on any atom is 0.307 e. The molecule has 0 atom stereocenters. The molecule has 140 valence electrons. The quantitative estimate of drug-likeness (QED) is 0.556. The summed E-state index contributed by atoms with van der Waals surface area (Å²) in [6.45, 7) is 0.516. The molecule has 6 nitrogen and oxygen atoms in total. The first-order valence-electron chi connectivity index (χ1n) is 8.53. The van der Waals surface area contributed by atoms with Crippen molar-refractivity contribution in [3.63, 3.8) is 0 Å². The van der Waals surface area contributed by atoms with Gasteiger partial charge in [-0.25, -0.2) is 0 Å². The first-order chi connectivity index (χ1) is 13.1. The van der Waals surface area contributed by atoms with Crippen LogP contribution in [0.15, 0.2) is 59.4 Å². The summed E-state index contributed by atoms with van der Waals surface area (Å²) in [5.41, 5.74) is 2.10. The molecule has 0 fully saturated rings. The Bertz CT molecular complexity index is 933. The number of carbonyl (C=O) groups is 1. The molecular weight excluding hydrogens is 364 g/mol. The second kappa shape index (κ2) is 9.05. The van der Waals surface area contributed by atoms with Crippen LogP contribution in [0.25, 0.3) is 0 Å². The summed E-state index contributed by atoms with van der Waals surface area (Å²) in [6.07, 6.45) is 1.21. The predicted octanol–water partition coefficient (Wildman–Crippen LogP) is 2.47. The maximum atomic E-state index is 11.8. The molecule has 3 aromatic rings. The third-order valence-electron chi connectivity index (χ3n) is 3.94. The Kier molecular flexibility index (Phi) is 6.27. The van der Waals surface area contributed by atoms with Crippen molar-refractivity contribution < 1.29 is 14.6 Å². The minimum absolute atomic E-state index is 0.00796. The van der Waals surface area contributed by atoms with E-state index in [1.165, 1.54) is 0 Å². The highest BCUT2D eigenvalue weighted by molar-refractivity contribution is 7.09. The molecule has 0 spiro atoms. The number of hydrogen-bond acceptors (Lipinski definition) is 5. The normalized spacial score (nSPS) is 10.5. The van der Waals surface area contributed by atoms with Crippen molar-refractivity contribution in [2.45, 2.75) is 12.8 Å². The van der Waals surface area contributed by atoms with Gasteiger partial charge in [-0.3, -0.25) is 14.6 Å². The largest absolute Gasteiger partial charge is 0.494 e. The van der Waals surface area contributed by atoms with Crippen molar-refractivity contribution >= 4 is 17.2 Å². The molecule has 0 saturated carbocycles. The third-order valence-corrected chi connectivity index (χ3v) is 4.81. The fraction of sp³-hybridized carbons (Fsp3) is 0.200. The van der Waals surface area contributed by atoms with E-state index in [2.05, 4.69) is 10.3 Å². The summed E-state index contributed by atoms with van der Waals surface area (Å²) in [5, 5.41) is 12.5. The zero-order chi connectivity index (χ0) is 19.1. The van der Waals surface area contributed by atoms with Gasteiger partial charge in [-0.15, -0.1) is 0 Å². The minimum atomic E-state index is -0.258. The van der Waals surface area contributed by atoms with E-state index in [1.54, 1.807) is 12.1 Å². The summed E-state index contributed by atoms with van der Waals surface area (Å²) < 4.78 is 5.40. The number of amides is 1. The highest BCUT2D eigenvalue weighted by atomic mass is 32.1. The van der Waals surface area contributed by atoms with E-state index in [0.717, 1.165) is 22.5 Å². The topological polar surface area (TPSA) is 91.4 Å². The molecule has 2 aromatic carbocycles. The predicted molar refractivity (Wildman–Crippen MR) is 105 cm³/mol. The van der Waals surface area contributed by atoms with Gasteiger partial charge < -0.3 is 15.2 Å². The van der Waals surface area contributed by atoms with Crippen LogP contribution in [0.2, 0.25) is 0 Å². The number of para-hydroxylation sites is 1. The molecule has 0 saturated heterocycles. The number of carbonyl (C=O) groups excluding carboxylic acids is 1. The van der Waals surface area contributed by atoms with Gasteiger partial charge in [0.25, 0.3) is 5.91 Å². The average molecular weight is 384 g/mol. The lowest BCUT2D eigenvalue weighted by molar-refractivity contribution is -0.123. The van der Waals surface area contributed by atoms with Gasteiger partial charge in [-0.1, -0.05) is 53.8 Å². The molecule has 0 bridgehead atoms. The van der Waals surface area contributed by atoms with Crippen LogP contribution in [-0.2, 0) is 17.6 Å². The molecule has 0 radical (unpaired) electrons. The van der Waals surface area contributed by atoms with Gasteiger partial charge in [-0.2, -0.15) is 0 Å².